The third-order valence-corrected chi connectivity index (χ3v) is 6.51. The van der Waals surface area contributed by atoms with Crippen molar-refractivity contribution < 1.29 is 21.9 Å². The summed E-state index contributed by atoms with van der Waals surface area (Å²) in [5, 5.41) is 3.31. The summed E-state index contributed by atoms with van der Waals surface area (Å²) in [7, 11) is -1.96. The molecule has 7 nitrogen and oxygen atoms in total. The minimum Gasteiger partial charge on any atom is -0.454 e. The Balaban J connectivity index is 1.86. The number of hydrogen-bond acceptors (Lipinski definition) is 5. The van der Waals surface area contributed by atoms with E-state index < -0.39 is 21.7 Å². The van der Waals surface area contributed by atoms with Crippen LogP contribution in [0.5, 0.6) is 11.5 Å². The standard InChI is InChI=1S/C23H23F2N3O4S/c1-3-33(30,31)27-16-7-9-21(32-22-8-4-14(24)10-19(22)25)17(11-16)18-13-28(2)23(29)12-20(18)26-15-5-6-15/h4,7-13,15,26-27H,3,5-6H2,1-2H3. The maximum Gasteiger partial charge on any atom is 0.252 e. The molecule has 1 heterocycles. The maximum atomic E-state index is 14.3. The van der Waals surface area contributed by atoms with Crippen molar-refractivity contribution in [2.75, 3.05) is 15.8 Å². The summed E-state index contributed by atoms with van der Waals surface area (Å²) in [5.74, 6) is -1.72. The second kappa shape index (κ2) is 8.86. The summed E-state index contributed by atoms with van der Waals surface area (Å²) in [6.45, 7) is 1.52. The van der Waals surface area contributed by atoms with Crippen LogP contribution in [0.15, 0.2) is 53.5 Å². The number of benzene rings is 2. The van der Waals surface area contributed by atoms with E-state index in [4.69, 9.17) is 4.74 Å². The Bertz CT molecular complexity index is 1370. The van der Waals surface area contributed by atoms with Gasteiger partial charge in [-0.05, 0) is 50.1 Å². The molecule has 10 heteroatoms. The molecular formula is C23H23F2N3O4S. The lowest BCUT2D eigenvalue weighted by Crippen LogP contribution is -2.18. The molecule has 1 aromatic heterocycles. The zero-order valence-electron chi connectivity index (χ0n) is 18.1. The minimum atomic E-state index is -3.55. The number of pyridine rings is 1. The van der Waals surface area contributed by atoms with Crippen LogP contribution >= 0.6 is 0 Å². The van der Waals surface area contributed by atoms with Crippen LogP contribution in [-0.4, -0.2) is 24.8 Å². The molecule has 4 rings (SSSR count). The van der Waals surface area contributed by atoms with Gasteiger partial charge >= 0.3 is 0 Å². The first-order chi connectivity index (χ1) is 15.6. The van der Waals surface area contributed by atoms with E-state index in [1.54, 1.807) is 19.3 Å². The fourth-order valence-corrected chi connectivity index (χ4v) is 3.86. The van der Waals surface area contributed by atoms with E-state index in [0.29, 0.717) is 22.9 Å². The quantitative estimate of drug-likeness (QED) is 0.502. The molecule has 0 unspecified atom stereocenters. The molecule has 33 heavy (non-hydrogen) atoms. The lowest BCUT2D eigenvalue weighted by atomic mass is 10.0. The van der Waals surface area contributed by atoms with Crippen molar-refractivity contribution in [3.8, 4) is 22.6 Å². The molecule has 1 saturated carbocycles. The summed E-state index contributed by atoms with van der Waals surface area (Å²) in [4.78, 5) is 12.3. The van der Waals surface area contributed by atoms with Crippen molar-refractivity contribution in [2.45, 2.75) is 25.8 Å². The van der Waals surface area contributed by atoms with Crippen LogP contribution in [0.4, 0.5) is 20.2 Å². The molecule has 0 saturated heterocycles. The number of hydrogen-bond donors (Lipinski definition) is 2. The van der Waals surface area contributed by atoms with Gasteiger partial charge in [0, 0.05) is 53.9 Å². The monoisotopic (exact) mass is 475 g/mol. The van der Waals surface area contributed by atoms with Crippen molar-refractivity contribution in [1.82, 2.24) is 4.57 Å². The second-order valence-electron chi connectivity index (χ2n) is 7.86. The topological polar surface area (TPSA) is 89.4 Å². The number of halogens is 2. The van der Waals surface area contributed by atoms with Crippen LogP contribution in [0.2, 0.25) is 0 Å². The van der Waals surface area contributed by atoms with Crippen LogP contribution in [0, 0.1) is 11.6 Å². The number of aryl methyl sites for hydroxylation is 1. The van der Waals surface area contributed by atoms with Crippen molar-refractivity contribution in [1.29, 1.82) is 0 Å². The van der Waals surface area contributed by atoms with Gasteiger partial charge in [-0.2, -0.15) is 0 Å². The molecule has 0 bridgehead atoms. The third kappa shape index (κ3) is 5.33. The summed E-state index contributed by atoms with van der Waals surface area (Å²) in [6.07, 6.45) is 3.54. The van der Waals surface area contributed by atoms with Crippen LogP contribution in [-0.2, 0) is 17.1 Å². The first kappa shape index (κ1) is 22.8. The molecule has 1 fully saturated rings. The predicted molar refractivity (Wildman–Crippen MR) is 123 cm³/mol. The summed E-state index contributed by atoms with van der Waals surface area (Å²) >= 11 is 0. The zero-order chi connectivity index (χ0) is 23.8. The van der Waals surface area contributed by atoms with E-state index in [1.165, 1.54) is 35.8 Å². The van der Waals surface area contributed by atoms with Gasteiger partial charge in [0.1, 0.15) is 11.6 Å². The predicted octanol–water partition coefficient (Wildman–Crippen LogP) is 4.46. The summed E-state index contributed by atoms with van der Waals surface area (Å²) in [6, 6.07) is 9.20. The minimum absolute atomic E-state index is 0.115. The molecule has 0 spiro atoms. The number of rotatable bonds is 8. The lowest BCUT2D eigenvalue weighted by Gasteiger charge is -2.18. The number of nitrogens with one attached hydrogen (secondary N) is 2. The molecule has 0 aliphatic heterocycles. The van der Waals surface area contributed by atoms with Gasteiger partial charge in [-0.25, -0.2) is 17.2 Å². The largest absolute Gasteiger partial charge is 0.454 e. The SMILES string of the molecule is CCS(=O)(=O)Nc1ccc(Oc2ccc(F)cc2F)c(-c2cn(C)c(=O)cc2NC2CC2)c1. The average Bonchev–Trinajstić information content (AvgIpc) is 3.57. The normalized spacial score (nSPS) is 13.6. The Morgan fingerprint density at radius 2 is 1.79 bits per heavy atom. The van der Waals surface area contributed by atoms with Crippen molar-refractivity contribution in [2.24, 2.45) is 7.05 Å². The smallest absolute Gasteiger partial charge is 0.252 e. The highest BCUT2D eigenvalue weighted by molar-refractivity contribution is 7.92. The molecule has 1 aliphatic carbocycles. The molecule has 2 N–H and O–H groups in total. The fourth-order valence-electron chi connectivity index (χ4n) is 3.23. The first-order valence-corrected chi connectivity index (χ1v) is 12.1. The Morgan fingerprint density at radius 1 is 1.06 bits per heavy atom. The molecule has 174 valence electrons. The van der Waals surface area contributed by atoms with Crippen LogP contribution in [0.3, 0.4) is 0 Å². The molecule has 0 atom stereocenters. The van der Waals surface area contributed by atoms with Crippen LogP contribution in [0.25, 0.3) is 11.1 Å². The maximum absolute atomic E-state index is 14.3. The van der Waals surface area contributed by atoms with Gasteiger partial charge in [0.2, 0.25) is 10.0 Å². The van der Waals surface area contributed by atoms with Gasteiger partial charge in [0.25, 0.3) is 5.56 Å². The Labute approximate surface area is 190 Å². The highest BCUT2D eigenvalue weighted by Crippen LogP contribution is 2.40. The summed E-state index contributed by atoms with van der Waals surface area (Å²) < 4.78 is 61.5. The van der Waals surface area contributed by atoms with Gasteiger partial charge < -0.3 is 14.6 Å². The highest BCUT2D eigenvalue weighted by Gasteiger charge is 2.24. The van der Waals surface area contributed by atoms with E-state index >= 15 is 0 Å². The fraction of sp³-hybridized carbons (Fsp3) is 0.261. The van der Waals surface area contributed by atoms with Crippen molar-refractivity contribution in [3.05, 3.63) is 70.6 Å². The molecular weight excluding hydrogens is 452 g/mol. The van der Waals surface area contributed by atoms with Gasteiger partial charge in [0.05, 0.1) is 5.75 Å². The first-order valence-electron chi connectivity index (χ1n) is 10.4. The summed E-state index contributed by atoms with van der Waals surface area (Å²) in [5.41, 5.74) is 1.61. The number of aromatic nitrogens is 1. The van der Waals surface area contributed by atoms with Gasteiger partial charge in [-0.1, -0.05) is 0 Å². The zero-order valence-corrected chi connectivity index (χ0v) is 18.9. The molecule has 1 aliphatic rings. The average molecular weight is 476 g/mol. The van der Waals surface area contributed by atoms with Gasteiger partial charge in [-0.3, -0.25) is 9.52 Å². The number of ether oxygens (including phenoxy) is 1. The molecule has 0 amide bonds. The Morgan fingerprint density at radius 3 is 2.45 bits per heavy atom. The number of nitrogens with zero attached hydrogens (tertiary/aromatic N) is 1. The Hall–Kier alpha value is -3.40. The number of anilines is 2. The van der Waals surface area contributed by atoms with E-state index in [1.807, 2.05) is 0 Å². The van der Waals surface area contributed by atoms with Gasteiger partial charge in [0.15, 0.2) is 11.6 Å². The van der Waals surface area contributed by atoms with E-state index in [9.17, 15) is 22.0 Å². The van der Waals surface area contributed by atoms with Crippen LogP contribution < -0.4 is 20.3 Å². The number of sulfonamides is 1. The second-order valence-corrected chi connectivity index (χ2v) is 9.87. The third-order valence-electron chi connectivity index (χ3n) is 5.20. The van der Waals surface area contributed by atoms with E-state index in [2.05, 4.69) is 10.0 Å². The van der Waals surface area contributed by atoms with E-state index in [-0.39, 0.29) is 34.5 Å². The highest BCUT2D eigenvalue weighted by atomic mass is 32.2. The van der Waals surface area contributed by atoms with Gasteiger partial charge in [-0.15, -0.1) is 0 Å². The molecule has 2 aromatic carbocycles. The van der Waals surface area contributed by atoms with Crippen molar-refractivity contribution in [3.63, 3.8) is 0 Å². The Kier molecular flexibility index (Phi) is 6.11. The van der Waals surface area contributed by atoms with Crippen LogP contribution in [0.1, 0.15) is 19.8 Å². The lowest BCUT2D eigenvalue weighted by molar-refractivity contribution is 0.439. The molecule has 3 aromatic rings. The van der Waals surface area contributed by atoms with E-state index in [0.717, 1.165) is 18.9 Å². The molecule has 0 radical (unpaired) electrons. The van der Waals surface area contributed by atoms with Crippen molar-refractivity contribution >= 4 is 21.4 Å².